The van der Waals surface area contributed by atoms with Gasteiger partial charge < -0.3 is 14.6 Å². The number of hydrogen-bond donors (Lipinski definition) is 1. The van der Waals surface area contributed by atoms with Crippen LogP contribution in [-0.4, -0.2) is 46.6 Å². The van der Waals surface area contributed by atoms with Crippen molar-refractivity contribution in [3.63, 3.8) is 0 Å². The van der Waals surface area contributed by atoms with E-state index < -0.39 is 0 Å². The zero-order valence-electron chi connectivity index (χ0n) is 11.9. The highest BCUT2D eigenvalue weighted by molar-refractivity contribution is 5.92. The van der Waals surface area contributed by atoms with E-state index in [0.29, 0.717) is 25.4 Å². The Morgan fingerprint density at radius 3 is 3.00 bits per heavy atom. The molecule has 1 amide bonds. The quantitative estimate of drug-likeness (QED) is 0.933. The summed E-state index contributed by atoms with van der Waals surface area (Å²) in [5.41, 5.74) is 1.84. The molecule has 2 heterocycles. The normalized spacial score (nSPS) is 18.7. The zero-order chi connectivity index (χ0) is 14.5. The number of aromatic nitrogens is 2. The second kappa shape index (κ2) is 6.54. The summed E-state index contributed by atoms with van der Waals surface area (Å²) in [6.45, 7) is 1.88. The SMILES string of the molecule is O=C(c1cnc[nH]1)N1CCO[C@@H](CCc2ccccc2)C1. The molecule has 110 valence electrons. The number of aromatic amines is 1. The molecule has 5 heteroatoms. The van der Waals surface area contributed by atoms with Gasteiger partial charge in [0.2, 0.25) is 0 Å². The van der Waals surface area contributed by atoms with Gasteiger partial charge in [0.1, 0.15) is 5.69 Å². The molecule has 1 aliphatic heterocycles. The fraction of sp³-hybridized carbons (Fsp3) is 0.375. The maximum atomic E-state index is 12.3. The molecule has 1 aromatic heterocycles. The van der Waals surface area contributed by atoms with Gasteiger partial charge in [0.05, 0.1) is 25.2 Å². The summed E-state index contributed by atoms with van der Waals surface area (Å²) >= 11 is 0. The molecule has 1 saturated heterocycles. The Hall–Kier alpha value is -2.14. The van der Waals surface area contributed by atoms with Crippen molar-refractivity contribution in [2.24, 2.45) is 0 Å². The third-order valence-electron chi connectivity index (χ3n) is 3.75. The zero-order valence-corrected chi connectivity index (χ0v) is 11.9. The van der Waals surface area contributed by atoms with Gasteiger partial charge in [-0.05, 0) is 18.4 Å². The maximum absolute atomic E-state index is 12.3. The minimum absolute atomic E-state index is 0.000473. The molecule has 1 atom stereocenters. The average Bonchev–Trinajstić information content (AvgIpc) is 3.08. The number of nitrogens with zero attached hydrogens (tertiary/aromatic N) is 2. The van der Waals surface area contributed by atoms with E-state index in [0.717, 1.165) is 12.8 Å². The topological polar surface area (TPSA) is 58.2 Å². The molecular formula is C16H19N3O2. The van der Waals surface area contributed by atoms with Crippen LogP contribution < -0.4 is 0 Å². The molecule has 0 bridgehead atoms. The van der Waals surface area contributed by atoms with Gasteiger partial charge in [-0.2, -0.15) is 0 Å². The number of H-pyrrole nitrogens is 1. The molecule has 5 nitrogen and oxygen atoms in total. The van der Waals surface area contributed by atoms with E-state index in [4.69, 9.17) is 4.74 Å². The predicted octanol–water partition coefficient (Wildman–Crippen LogP) is 1.88. The molecule has 0 saturated carbocycles. The Morgan fingerprint density at radius 1 is 1.38 bits per heavy atom. The molecule has 0 spiro atoms. The monoisotopic (exact) mass is 285 g/mol. The van der Waals surface area contributed by atoms with Gasteiger partial charge in [0.25, 0.3) is 5.91 Å². The van der Waals surface area contributed by atoms with Crippen molar-refractivity contribution >= 4 is 5.91 Å². The third-order valence-corrected chi connectivity index (χ3v) is 3.75. The second-order valence-corrected chi connectivity index (χ2v) is 5.23. The average molecular weight is 285 g/mol. The van der Waals surface area contributed by atoms with Gasteiger partial charge in [-0.1, -0.05) is 30.3 Å². The number of carbonyl (C=O) groups excluding carboxylic acids is 1. The van der Waals surface area contributed by atoms with Crippen LogP contribution in [0.25, 0.3) is 0 Å². The van der Waals surface area contributed by atoms with Crippen molar-refractivity contribution in [1.29, 1.82) is 0 Å². The lowest BCUT2D eigenvalue weighted by atomic mass is 10.1. The molecule has 3 rings (SSSR count). The third kappa shape index (κ3) is 3.49. The number of aryl methyl sites for hydroxylation is 1. The Morgan fingerprint density at radius 2 is 2.24 bits per heavy atom. The highest BCUT2D eigenvalue weighted by Crippen LogP contribution is 2.14. The minimum atomic E-state index is 0.000473. The van der Waals surface area contributed by atoms with Crippen molar-refractivity contribution in [1.82, 2.24) is 14.9 Å². The summed E-state index contributed by atoms with van der Waals surface area (Å²) in [5.74, 6) is 0.000473. The Bertz CT molecular complexity index is 568. The lowest BCUT2D eigenvalue weighted by molar-refractivity contribution is -0.0247. The molecule has 1 N–H and O–H groups in total. The van der Waals surface area contributed by atoms with Crippen molar-refractivity contribution in [2.45, 2.75) is 18.9 Å². The van der Waals surface area contributed by atoms with Crippen LogP contribution in [0.1, 0.15) is 22.5 Å². The number of nitrogens with one attached hydrogen (secondary N) is 1. The number of ether oxygens (including phenoxy) is 1. The molecule has 21 heavy (non-hydrogen) atoms. The van der Waals surface area contributed by atoms with Gasteiger partial charge in [0.15, 0.2) is 0 Å². The first-order valence-corrected chi connectivity index (χ1v) is 7.26. The smallest absolute Gasteiger partial charge is 0.272 e. The fourth-order valence-electron chi connectivity index (χ4n) is 2.59. The van der Waals surface area contributed by atoms with Crippen molar-refractivity contribution in [2.75, 3.05) is 19.7 Å². The molecule has 1 aromatic carbocycles. The first-order valence-electron chi connectivity index (χ1n) is 7.26. The fourth-order valence-corrected chi connectivity index (χ4v) is 2.59. The molecule has 0 unspecified atom stereocenters. The van der Waals surface area contributed by atoms with Crippen molar-refractivity contribution < 1.29 is 9.53 Å². The Kier molecular flexibility index (Phi) is 4.31. The van der Waals surface area contributed by atoms with Gasteiger partial charge in [0, 0.05) is 13.1 Å². The van der Waals surface area contributed by atoms with Crippen LogP contribution in [0.5, 0.6) is 0 Å². The van der Waals surface area contributed by atoms with Crippen LogP contribution in [0.15, 0.2) is 42.9 Å². The van der Waals surface area contributed by atoms with Gasteiger partial charge in [-0.25, -0.2) is 4.98 Å². The number of imidazole rings is 1. The van der Waals surface area contributed by atoms with Crippen LogP contribution in [0, 0.1) is 0 Å². The lowest BCUT2D eigenvalue weighted by Crippen LogP contribution is -2.45. The number of rotatable bonds is 4. The van der Waals surface area contributed by atoms with E-state index in [-0.39, 0.29) is 12.0 Å². The highest BCUT2D eigenvalue weighted by atomic mass is 16.5. The first-order chi connectivity index (χ1) is 10.3. The standard InChI is InChI=1S/C16H19N3O2/c20-16(15-10-17-12-18-15)19-8-9-21-14(11-19)7-6-13-4-2-1-3-5-13/h1-5,10,12,14H,6-9,11H2,(H,17,18)/t14-/m0/s1. The predicted molar refractivity (Wildman–Crippen MR) is 79.0 cm³/mol. The maximum Gasteiger partial charge on any atom is 0.272 e. The lowest BCUT2D eigenvalue weighted by Gasteiger charge is -2.32. The van der Waals surface area contributed by atoms with E-state index in [1.54, 1.807) is 6.20 Å². The van der Waals surface area contributed by atoms with E-state index in [2.05, 4.69) is 22.1 Å². The van der Waals surface area contributed by atoms with E-state index in [9.17, 15) is 4.79 Å². The molecular weight excluding hydrogens is 266 g/mol. The van der Waals surface area contributed by atoms with Crippen LogP contribution in [0.4, 0.5) is 0 Å². The Labute approximate surface area is 124 Å². The summed E-state index contributed by atoms with van der Waals surface area (Å²) in [4.78, 5) is 20.9. The van der Waals surface area contributed by atoms with Crippen LogP contribution in [0.2, 0.25) is 0 Å². The Balaban J connectivity index is 1.55. The van der Waals surface area contributed by atoms with E-state index in [1.807, 2.05) is 23.1 Å². The van der Waals surface area contributed by atoms with Gasteiger partial charge >= 0.3 is 0 Å². The van der Waals surface area contributed by atoms with Gasteiger partial charge in [-0.3, -0.25) is 4.79 Å². The van der Waals surface area contributed by atoms with Gasteiger partial charge in [-0.15, -0.1) is 0 Å². The molecule has 0 aliphatic carbocycles. The first kappa shape index (κ1) is 13.8. The van der Waals surface area contributed by atoms with E-state index >= 15 is 0 Å². The van der Waals surface area contributed by atoms with Crippen molar-refractivity contribution in [3.05, 3.63) is 54.1 Å². The number of hydrogen-bond acceptors (Lipinski definition) is 3. The summed E-state index contributed by atoms with van der Waals surface area (Å²) in [6, 6.07) is 10.4. The second-order valence-electron chi connectivity index (χ2n) is 5.23. The largest absolute Gasteiger partial charge is 0.375 e. The van der Waals surface area contributed by atoms with Crippen LogP contribution >= 0.6 is 0 Å². The summed E-state index contributed by atoms with van der Waals surface area (Å²) in [7, 11) is 0. The molecule has 1 fully saturated rings. The number of morpholine rings is 1. The van der Waals surface area contributed by atoms with Crippen LogP contribution in [-0.2, 0) is 11.2 Å². The van der Waals surface area contributed by atoms with Crippen LogP contribution in [0.3, 0.4) is 0 Å². The summed E-state index contributed by atoms with van der Waals surface area (Å²) < 4.78 is 5.78. The highest BCUT2D eigenvalue weighted by Gasteiger charge is 2.25. The molecule has 1 aliphatic rings. The summed E-state index contributed by atoms with van der Waals surface area (Å²) in [5, 5.41) is 0. The number of benzene rings is 1. The molecule has 0 radical (unpaired) electrons. The van der Waals surface area contributed by atoms with Crippen molar-refractivity contribution in [3.8, 4) is 0 Å². The number of amides is 1. The molecule has 2 aromatic rings. The summed E-state index contributed by atoms with van der Waals surface area (Å²) in [6.07, 6.45) is 5.09. The minimum Gasteiger partial charge on any atom is -0.375 e. The van der Waals surface area contributed by atoms with E-state index in [1.165, 1.54) is 11.9 Å². The number of carbonyl (C=O) groups is 1.